The van der Waals surface area contributed by atoms with Crippen LogP contribution in [0.15, 0.2) is 12.1 Å². The first-order valence-corrected chi connectivity index (χ1v) is 6.05. The fraction of sp³-hybridized carbons (Fsp3) is 0.538. The van der Waals surface area contributed by atoms with Crippen LogP contribution in [0, 0.1) is 13.8 Å². The molecule has 3 heteroatoms. The summed E-state index contributed by atoms with van der Waals surface area (Å²) in [5, 5.41) is 12.9. The second-order valence-corrected chi connectivity index (χ2v) is 4.62. The molecule has 1 unspecified atom stereocenters. The highest BCUT2D eigenvalue weighted by atomic mass is 35.5. The van der Waals surface area contributed by atoms with Gasteiger partial charge >= 0.3 is 0 Å². The summed E-state index contributed by atoms with van der Waals surface area (Å²) in [5.41, 5.74) is 3.61. The summed E-state index contributed by atoms with van der Waals surface area (Å²) >= 11 is 6.22. The van der Waals surface area contributed by atoms with E-state index < -0.39 is 0 Å². The topological polar surface area (TPSA) is 32.3 Å². The molecule has 2 nitrogen and oxygen atoms in total. The van der Waals surface area contributed by atoms with Gasteiger partial charge in [-0.3, -0.25) is 0 Å². The first kappa shape index (κ1) is 13.5. The molecule has 0 aliphatic carbocycles. The van der Waals surface area contributed by atoms with E-state index in [9.17, 15) is 0 Å². The van der Waals surface area contributed by atoms with Crippen LogP contribution in [0.25, 0.3) is 0 Å². The maximum atomic E-state index is 8.72. The number of rotatable bonds is 5. The average Bonchev–Trinajstić information content (AvgIpc) is 2.23. The average molecular weight is 242 g/mol. The predicted octanol–water partition coefficient (Wildman–Crippen LogP) is 2.99. The Hall–Kier alpha value is -0.570. The van der Waals surface area contributed by atoms with Crippen LogP contribution in [0.1, 0.15) is 36.1 Å². The molecule has 0 bridgehead atoms. The highest BCUT2D eigenvalue weighted by Crippen LogP contribution is 2.26. The zero-order valence-corrected chi connectivity index (χ0v) is 10.9. The lowest BCUT2D eigenvalue weighted by atomic mass is 10.0. The number of aliphatic hydroxyl groups excluding tert-OH is 1. The van der Waals surface area contributed by atoms with Gasteiger partial charge in [-0.25, -0.2) is 0 Å². The number of hydrogen-bond donors (Lipinski definition) is 2. The lowest BCUT2D eigenvalue weighted by molar-refractivity contribution is 0.284. The van der Waals surface area contributed by atoms with Crippen molar-refractivity contribution in [3.05, 3.63) is 33.8 Å². The normalized spacial score (nSPS) is 12.8. The zero-order valence-electron chi connectivity index (χ0n) is 10.2. The molecule has 1 aromatic rings. The fourth-order valence-electron chi connectivity index (χ4n) is 1.64. The van der Waals surface area contributed by atoms with E-state index in [0.29, 0.717) is 0 Å². The largest absolute Gasteiger partial charge is 0.396 e. The lowest BCUT2D eigenvalue weighted by Gasteiger charge is -2.17. The van der Waals surface area contributed by atoms with Crippen LogP contribution in [0.2, 0.25) is 5.02 Å². The van der Waals surface area contributed by atoms with Gasteiger partial charge in [0.05, 0.1) is 0 Å². The van der Waals surface area contributed by atoms with E-state index in [0.717, 1.165) is 23.6 Å². The molecular formula is C13H20ClNO. The van der Waals surface area contributed by atoms with E-state index in [1.807, 2.05) is 6.07 Å². The summed E-state index contributed by atoms with van der Waals surface area (Å²) < 4.78 is 0. The third kappa shape index (κ3) is 3.48. The van der Waals surface area contributed by atoms with E-state index in [2.05, 4.69) is 32.2 Å². The van der Waals surface area contributed by atoms with E-state index >= 15 is 0 Å². The quantitative estimate of drug-likeness (QED) is 0.777. The molecule has 0 fully saturated rings. The third-order valence-electron chi connectivity index (χ3n) is 2.86. The van der Waals surface area contributed by atoms with Crippen molar-refractivity contribution in [1.29, 1.82) is 0 Å². The molecule has 1 rings (SSSR count). The lowest BCUT2D eigenvalue weighted by Crippen LogP contribution is -2.21. The number of aliphatic hydroxyl groups is 1. The highest BCUT2D eigenvalue weighted by molar-refractivity contribution is 6.31. The molecule has 0 amide bonds. The molecule has 0 aromatic heterocycles. The van der Waals surface area contributed by atoms with Crippen molar-refractivity contribution < 1.29 is 5.11 Å². The van der Waals surface area contributed by atoms with Crippen molar-refractivity contribution in [1.82, 2.24) is 5.32 Å². The van der Waals surface area contributed by atoms with Crippen molar-refractivity contribution in [2.24, 2.45) is 0 Å². The van der Waals surface area contributed by atoms with Gasteiger partial charge in [-0.2, -0.15) is 0 Å². The molecule has 0 aliphatic rings. The Bertz CT molecular complexity index is 352. The van der Waals surface area contributed by atoms with Crippen molar-refractivity contribution in [3.8, 4) is 0 Å². The molecule has 1 atom stereocenters. The van der Waals surface area contributed by atoms with Crippen LogP contribution in [0.4, 0.5) is 0 Å². The van der Waals surface area contributed by atoms with Crippen LogP contribution < -0.4 is 5.32 Å². The number of hydrogen-bond acceptors (Lipinski definition) is 2. The van der Waals surface area contributed by atoms with Crippen LogP contribution in [0.5, 0.6) is 0 Å². The first-order valence-electron chi connectivity index (χ1n) is 5.67. The van der Waals surface area contributed by atoms with E-state index in [4.69, 9.17) is 16.7 Å². The summed E-state index contributed by atoms with van der Waals surface area (Å²) in [4.78, 5) is 0. The van der Waals surface area contributed by atoms with Gasteiger partial charge in [0.25, 0.3) is 0 Å². The molecule has 1 aromatic carbocycles. The summed E-state index contributed by atoms with van der Waals surface area (Å²) in [5.74, 6) is 0. The molecule has 16 heavy (non-hydrogen) atoms. The van der Waals surface area contributed by atoms with Gasteiger partial charge in [0.15, 0.2) is 0 Å². The van der Waals surface area contributed by atoms with Crippen LogP contribution >= 0.6 is 11.6 Å². The monoisotopic (exact) mass is 241 g/mol. The molecule has 0 radical (unpaired) electrons. The van der Waals surface area contributed by atoms with E-state index in [1.54, 1.807) is 0 Å². The standard InChI is InChI=1S/C13H20ClNO/c1-9-7-12(13(14)8-10(9)2)11(3)15-5-4-6-16/h7-8,11,15-16H,4-6H2,1-3H3. The molecule has 0 saturated carbocycles. The van der Waals surface area contributed by atoms with Gasteiger partial charge in [0.2, 0.25) is 0 Å². The van der Waals surface area contributed by atoms with E-state index in [-0.39, 0.29) is 12.6 Å². The molecule has 0 aliphatic heterocycles. The summed E-state index contributed by atoms with van der Waals surface area (Å²) in [7, 11) is 0. The Morgan fingerprint density at radius 2 is 1.94 bits per heavy atom. The molecule has 0 spiro atoms. The highest BCUT2D eigenvalue weighted by Gasteiger charge is 2.10. The van der Waals surface area contributed by atoms with Crippen LogP contribution in [-0.2, 0) is 0 Å². The van der Waals surface area contributed by atoms with Gasteiger partial charge in [0, 0.05) is 17.7 Å². The number of halogens is 1. The van der Waals surface area contributed by atoms with Gasteiger partial charge in [0.1, 0.15) is 0 Å². The summed E-state index contributed by atoms with van der Waals surface area (Å²) in [6.07, 6.45) is 0.771. The van der Waals surface area contributed by atoms with Crippen molar-refractivity contribution in [2.75, 3.05) is 13.2 Å². The van der Waals surface area contributed by atoms with Crippen molar-refractivity contribution in [2.45, 2.75) is 33.2 Å². The van der Waals surface area contributed by atoms with E-state index in [1.165, 1.54) is 11.1 Å². The predicted molar refractivity (Wildman–Crippen MR) is 69.0 cm³/mol. The Kier molecular flexibility index (Phi) is 5.26. The fourth-order valence-corrected chi connectivity index (χ4v) is 2.02. The smallest absolute Gasteiger partial charge is 0.0456 e. The minimum Gasteiger partial charge on any atom is -0.396 e. The van der Waals surface area contributed by atoms with Crippen LogP contribution in [-0.4, -0.2) is 18.3 Å². The second-order valence-electron chi connectivity index (χ2n) is 4.21. The third-order valence-corrected chi connectivity index (χ3v) is 3.19. The maximum absolute atomic E-state index is 8.72. The summed E-state index contributed by atoms with van der Waals surface area (Å²) in [6.45, 7) is 7.28. The molecular weight excluding hydrogens is 222 g/mol. The molecule has 90 valence electrons. The second kappa shape index (κ2) is 6.24. The van der Waals surface area contributed by atoms with Crippen LogP contribution in [0.3, 0.4) is 0 Å². The SMILES string of the molecule is Cc1cc(Cl)c(C(C)NCCCO)cc1C. The van der Waals surface area contributed by atoms with Gasteiger partial charge in [-0.1, -0.05) is 17.7 Å². The van der Waals surface area contributed by atoms with Crippen molar-refractivity contribution >= 4 is 11.6 Å². The Morgan fingerprint density at radius 1 is 1.31 bits per heavy atom. The molecule has 2 N–H and O–H groups in total. The van der Waals surface area contributed by atoms with Gasteiger partial charge in [-0.15, -0.1) is 0 Å². The first-order chi connectivity index (χ1) is 7.56. The number of aryl methyl sites for hydroxylation is 2. The minimum absolute atomic E-state index is 0.221. The van der Waals surface area contributed by atoms with Gasteiger partial charge < -0.3 is 10.4 Å². The Labute approximate surface area is 103 Å². The Balaban J connectivity index is 2.75. The minimum atomic E-state index is 0.221. The number of benzene rings is 1. The molecule has 0 heterocycles. The van der Waals surface area contributed by atoms with Gasteiger partial charge in [-0.05, 0) is 56.5 Å². The maximum Gasteiger partial charge on any atom is 0.0456 e. The van der Waals surface area contributed by atoms with Crippen molar-refractivity contribution in [3.63, 3.8) is 0 Å². The Morgan fingerprint density at radius 3 is 2.56 bits per heavy atom. The number of nitrogens with one attached hydrogen (secondary N) is 1. The summed E-state index contributed by atoms with van der Waals surface area (Å²) in [6, 6.07) is 4.36. The molecule has 0 saturated heterocycles. The zero-order chi connectivity index (χ0) is 12.1.